The average Bonchev–Trinajstić information content (AvgIpc) is 2.59. The number of aliphatic hydroxyl groups excluding tert-OH is 2. The Hall–Kier alpha value is 0.0969. The molecule has 0 aromatic rings. The van der Waals surface area contributed by atoms with Crippen molar-refractivity contribution in [3.8, 4) is 0 Å². The van der Waals surface area contributed by atoms with Crippen LogP contribution in [0.4, 0.5) is 0 Å². The fraction of sp³-hybridized carbons (Fsp3) is 1.00. The van der Waals surface area contributed by atoms with E-state index < -0.39 is 14.2 Å². The first kappa shape index (κ1) is 10.2. The van der Waals surface area contributed by atoms with E-state index in [0.29, 0.717) is 0 Å². The summed E-state index contributed by atoms with van der Waals surface area (Å²) in [4.78, 5) is 0. The van der Waals surface area contributed by atoms with E-state index >= 15 is 0 Å². The van der Waals surface area contributed by atoms with Crippen LogP contribution in [-0.4, -0.2) is 42.3 Å². The van der Waals surface area contributed by atoms with Gasteiger partial charge in [0.1, 0.15) is 11.3 Å². The average molecular weight is 190 g/mol. The molecule has 0 aliphatic carbocycles. The lowest BCUT2D eigenvalue weighted by atomic mass is 10.2. The monoisotopic (exact) mass is 190 g/mol. The smallest absolute Gasteiger partial charge is 0.112 e. The molecule has 4 heteroatoms. The highest BCUT2D eigenvalue weighted by atomic mass is 28.3. The van der Waals surface area contributed by atoms with Gasteiger partial charge < -0.3 is 14.9 Å². The van der Waals surface area contributed by atoms with Gasteiger partial charge in [0.05, 0.1) is 20.8 Å². The topological polar surface area (TPSA) is 53.0 Å². The predicted octanol–water partition coefficient (Wildman–Crippen LogP) is 0.374. The van der Waals surface area contributed by atoms with Crippen molar-refractivity contribution >= 4 is 8.07 Å². The molecular formula is C8H18O3Si. The van der Waals surface area contributed by atoms with Crippen LogP contribution in [0.2, 0.25) is 19.6 Å². The summed E-state index contributed by atoms with van der Waals surface area (Å²) in [5, 5.41) is 18.1. The molecule has 0 aromatic carbocycles. The largest absolute Gasteiger partial charge is 0.394 e. The Morgan fingerprint density at radius 3 is 2.08 bits per heavy atom. The van der Waals surface area contributed by atoms with Gasteiger partial charge in [-0.1, -0.05) is 19.6 Å². The summed E-state index contributed by atoms with van der Waals surface area (Å²) in [7, 11) is -1.53. The lowest BCUT2D eigenvalue weighted by molar-refractivity contribution is 0.152. The maximum Gasteiger partial charge on any atom is 0.112 e. The SMILES string of the molecule is C[C@H](O)[C@@H]1O[C@]1(CO)[Si](C)(C)C. The van der Waals surface area contributed by atoms with Gasteiger partial charge in [0.2, 0.25) is 0 Å². The van der Waals surface area contributed by atoms with E-state index in [-0.39, 0.29) is 17.9 Å². The highest BCUT2D eigenvalue weighted by Crippen LogP contribution is 2.45. The summed E-state index contributed by atoms with van der Waals surface area (Å²) in [5.74, 6) is 0. The summed E-state index contributed by atoms with van der Waals surface area (Å²) < 4.78 is 5.44. The van der Waals surface area contributed by atoms with E-state index in [1.807, 2.05) is 0 Å². The molecule has 1 aliphatic heterocycles. The van der Waals surface area contributed by atoms with Crippen LogP contribution in [0.3, 0.4) is 0 Å². The number of epoxide rings is 1. The summed E-state index contributed by atoms with van der Waals surface area (Å²) in [6, 6.07) is 0. The maximum atomic E-state index is 9.31. The van der Waals surface area contributed by atoms with E-state index in [4.69, 9.17) is 4.74 Å². The zero-order chi connectivity index (χ0) is 9.57. The minimum atomic E-state index is -1.53. The Kier molecular flexibility index (Phi) is 2.38. The standard InChI is InChI=1S/C8H18O3Si/c1-6(10)7-8(5-9,11-7)12(2,3)4/h6-7,9-10H,5H2,1-4H3/t6-,7-,8+/m0/s1. The van der Waals surface area contributed by atoms with Gasteiger partial charge in [0.15, 0.2) is 0 Å². The minimum Gasteiger partial charge on any atom is -0.394 e. The molecule has 0 amide bonds. The molecule has 0 aromatic heterocycles. The Bertz CT molecular complexity index is 176. The van der Waals surface area contributed by atoms with Gasteiger partial charge in [-0.05, 0) is 6.92 Å². The van der Waals surface area contributed by atoms with Crippen LogP contribution in [0.5, 0.6) is 0 Å². The Morgan fingerprint density at radius 1 is 1.50 bits per heavy atom. The van der Waals surface area contributed by atoms with Crippen molar-refractivity contribution in [2.45, 2.75) is 44.0 Å². The van der Waals surface area contributed by atoms with Crippen molar-refractivity contribution < 1.29 is 14.9 Å². The first-order chi connectivity index (χ1) is 5.35. The highest BCUT2D eigenvalue weighted by Gasteiger charge is 2.65. The number of aliphatic hydroxyl groups is 2. The number of rotatable bonds is 3. The normalized spacial score (nSPS) is 38.0. The highest BCUT2D eigenvalue weighted by molar-refractivity contribution is 6.80. The summed E-state index contributed by atoms with van der Waals surface area (Å²) in [6.07, 6.45) is -0.613. The van der Waals surface area contributed by atoms with Gasteiger partial charge in [-0.15, -0.1) is 0 Å². The van der Waals surface area contributed by atoms with Gasteiger partial charge in [0.25, 0.3) is 0 Å². The van der Waals surface area contributed by atoms with E-state index in [2.05, 4.69) is 19.6 Å². The van der Waals surface area contributed by atoms with Crippen molar-refractivity contribution in [1.29, 1.82) is 0 Å². The lowest BCUT2D eigenvalue weighted by Gasteiger charge is -2.24. The third kappa shape index (κ3) is 1.33. The van der Waals surface area contributed by atoms with Crippen LogP contribution in [0.15, 0.2) is 0 Å². The summed E-state index contributed by atoms with van der Waals surface area (Å²) in [5.41, 5.74) is 0. The van der Waals surface area contributed by atoms with Crippen LogP contribution in [0.25, 0.3) is 0 Å². The third-order valence-electron chi connectivity index (χ3n) is 2.68. The second kappa shape index (κ2) is 2.80. The van der Waals surface area contributed by atoms with Crippen LogP contribution in [-0.2, 0) is 4.74 Å². The second-order valence-corrected chi connectivity index (χ2v) is 9.92. The minimum absolute atomic E-state index is 0.0400. The first-order valence-corrected chi connectivity index (χ1v) is 7.82. The fourth-order valence-electron chi connectivity index (χ4n) is 1.65. The molecule has 0 unspecified atom stereocenters. The molecule has 0 bridgehead atoms. The van der Waals surface area contributed by atoms with Crippen LogP contribution >= 0.6 is 0 Å². The van der Waals surface area contributed by atoms with Crippen molar-refractivity contribution in [2.24, 2.45) is 0 Å². The van der Waals surface area contributed by atoms with Crippen LogP contribution in [0, 0.1) is 0 Å². The number of ether oxygens (including phenoxy) is 1. The first-order valence-electron chi connectivity index (χ1n) is 4.32. The van der Waals surface area contributed by atoms with E-state index in [1.165, 1.54) is 0 Å². The van der Waals surface area contributed by atoms with Crippen molar-refractivity contribution in [3.63, 3.8) is 0 Å². The summed E-state index contributed by atoms with van der Waals surface area (Å²) >= 11 is 0. The molecular weight excluding hydrogens is 172 g/mol. The van der Waals surface area contributed by atoms with Crippen LogP contribution in [0.1, 0.15) is 6.92 Å². The molecule has 2 N–H and O–H groups in total. The fourth-order valence-corrected chi connectivity index (χ4v) is 3.70. The Balaban J connectivity index is 2.72. The zero-order valence-corrected chi connectivity index (χ0v) is 9.16. The molecule has 12 heavy (non-hydrogen) atoms. The van der Waals surface area contributed by atoms with Gasteiger partial charge in [-0.2, -0.15) is 0 Å². The van der Waals surface area contributed by atoms with Gasteiger partial charge in [-0.25, -0.2) is 0 Å². The van der Waals surface area contributed by atoms with Crippen LogP contribution < -0.4 is 0 Å². The molecule has 0 saturated carbocycles. The number of hydrogen-bond donors (Lipinski definition) is 2. The van der Waals surface area contributed by atoms with E-state index in [1.54, 1.807) is 6.92 Å². The van der Waals surface area contributed by atoms with Gasteiger partial charge in [0, 0.05) is 0 Å². The van der Waals surface area contributed by atoms with Gasteiger partial charge >= 0.3 is 0 Å². The molecule has 0 spiro atoms. The van der Waals surface area contributed by atoms with Crippen molar-refractivity contribution in [1.82, 2.24) is 0 Å². The molecule has 1 saturated heterocycles. The zero-order valence-electron chi connectivity index (χ0n) is 8.16. The molecule has 3 nitrogen and oxygen atoms in total. The molecule has 1 aliphatic rings. The third-order valence-corrected chi connectivity index (χ3v) is 5.78. The van der Waals surface area contributed by atoms with Crippen molar-refractivity contribution in [3.05, 3.63) is 0 Å². The number of hydrogen-bond acceptors (Lipinski definition) is 3. The molecule has 1 fully saturated rings. The summed E-state index contributed by atoms with van der Waals surface area (Å²) in [6.45, 7) is 8.18. The van der Waals surface area contributed by atoms with E-state index in [0.717, 1.165) is 0 Å². The van der Waals surface area contributed by atoms with E-state index in [9.17, 15) is 10.2 Å². The molecule has 1 heterocycles. The molecule has 3 atom stereocenters. The van der Waals surface area contributed by atoms with Crippen molar-refractivity contribution in [2.75, 3.05) is 6.61 Å². The Morgan fingerprint density at radius 2 is 2.00 bits per heavy atom. The quantitative estimate of drug-likeness (QED) is 0.499. The molecule has 0 radical (unpaired) electrons. The van der Waals surface area contributed by atoms with Gasteiger partial charge in [-0.3, -0.25) is 0 Å². The maximum absolute atomic E-state index is 9.31. The predicted molar refractivity (Wildman–Crippen MR) is 49.7 cm³/mol. The molecule has 1 rings (SSSR count). The Labute approximate surface area is 74.4 Å². The molecule has 72 valence electrons. The second-order valence-electron chi connectivity index (χ2n) is 4.58. The lowest BCUT2D eigenvalue weighted by Crippen LogP contribution is -2.48.